The Balaban J connectivity index is -0.0000000505. The van der Waals surface area contributed by atoms with Crippen LogP contribution in [0.1, 0.15) is 1.43 Å². The molecule has 1 aromatic carbocycles. The van der Waals surface area contributed by atoms with E-state index in [1.165, 1.54) is 0 Å². The molecule has 0 aliphatic rings. The fourth-order valence-corrected chi connectivity index (χ4v) is 0.385. The maximum Gasteiger partial charge on any atom is 1.00 e. The van der Waals surface area contributed by atoms with Gasteiger partial charge in [-0.05, 0) is 0 Å². The molecule has 0 atom stereocenters. The summed E-state index contributed by atoms with van der Waals surface area (Å²) in [4.78, 5) is 0. The minimum Gasteiger partial charge on any atom is -1.00 e. The van der Waals surface area contributed by atoms with Crippen molar-refractivity contribution in [1.82, 2.24) is 0 Å². The first-order valence-electron chi connectivity index (χ1n) is 5.27. The van der Waals surface area contributed by atoms with Crippen LogP contribution in [0.3, 0.4) is 0 Å². The SMILES string of the molecule is FC(F)F.F[B-](F)(F)F.F[B-](F)(F)F.F[B-](F)(F)F.[H-].[K+].c1ccccc1. The zero-order chi connectivity index (χ0) is 21.3. The van der Waals surface area contributed by atoms with E-state index < -0.39 is 28.4 Å². The quantitative estimate of drug-likeness (QED) is 0.417. The molecule has 0 saturated carbocycles. The molecule has 0 amide bonds. The third-order valence-electron chi connectivity index (χ3n) is 0.667. The van der Waals surface area contributed by atoms with Gasteiger partial charge < -0.3 is 53.2 Å². The van der Waals surface area contributed by atoms with Gasteiger partial charge in [0, 0.05) is 0 Å². The van der Waals surface area contributed by atoms with E-state index in [9.17, 15) is 65.0 Å². The monoisotopic (exact) mass is 449 g/mol. The second kappa shape index (κ2) is 19.8. The van der Waals surface area contributed by atoms with Crippen LogP contribution in [0.5, 0.6) is 0 Å². The Morgan fingerprint density at radius 2 is 0.462 bits per heavy atom. The van der Waals surface area contributed by atoms with E-state index in [1.807, 2.05) is 36.4 Å². The van der Waals surface area contributed by atoms with Gasteiger partial charge in [-0.15, -0.1) is 0 Å². The smallest absolute Gasteiger partial charge is 1.00 e. The molecule has 19 heteroatoms. The molecule has 0 aromatic heterocycles. The summed E-state index contributed by atoms with van der Waals surface area (Å²) in [6, 6.07) is 12.0. The molecule has 0 fully saturated rings. The van der Waals surface area contributed by atoms with E-state index in [0.29, 0.717) is 0 Å². The van der Waals surface area contributed by atoms with Gasteiger partial charge in [0.2, 0.25) is 0 Å². The molecule has 26 heavy (non-hydrogen) atoms. The van der Waals surface area contributed by atoms with Gasteiger partial charge in [-0.3, -0.25) is 0 Å². The van der Waals surface area contributed by atoms with E-state index in [1.54, 1.807) is 0 Å². The Kier molecular flexibility index (Phi) is 28.0. The molecule has 1 aromatic rings. The van der Waals surface area contributed by atoms with E-state index in [-0.39, 0.29) is 52.8 Å². The summed E-state index contributed by atoms with van der Waals surface area (Å²) in [6.07, 6.45) is 0. The molecular weight excluding hydrogens is 441 g/mol. The number of benzene rings is 1. The molecule has 0 saturated heterocycles. The summed E-state index contributed by atoms with van der Waals surface area (Å²) in [5, 5.41) is 0. The van der Waals surface area contributed by atoms with Crippen molar-refractivity contribution in [2.75, 3.05) is 0 Å². The molecule has 0 aliphatic carbocycles. The van der Waals surface area contributed by atoms with Crippen LogP contribution >= 0.6 is 0 Å². The fourth-order valence-electron chi connectivity index (χ4n) is 0.385. The summed E-state index contributed by atoms with van der Waals surface area (Å²) >= 11 is 0. The normalized spacial score (nSPS) is 10.2. The van der Waals surface area contributed by atoms with Crippen LogP contribution < -0.4 is 51.4 Å². The molecule has 0 radical (unpaired) electrons. The van der Waals surface area contributed by atoms with Gasteiger partial charge in [0.25, 0.3) is 0 Å². The Morgan fingerprint density at radius 1 is 0.423 bits per heavy atom. The molecule has 1 rings (SSSR count). The average molecular weight is 449 g/mol. The summed E-state index contributed by atoms with van der Waals surface area (Å²) < 4.78 is 146. The van der Waals surface area contributed by atoms with Crippen LogP contribution in [0, 0.1) is 0 Å². The number of hydrogen-bond donors (Lipinski definition) is 0. The minimum atomic E-state index is -6.00. The van der Waals surface area contributed by atoms with Crippen LogP contribution in [0.15, 0.2) is 36.4 Å². The summed E-state index contributed by atoms with van der Waals surface area (Å²) in [7, 11) is -18.0. The molecule has 0 N–H and O–H groups in total. The number of alkyl halides is 3. The Bertz CT molecular complexity index is 294. The number of hydrogen-bond acceptors (Lipinski definition) is 0. The van der Waals surface area contributed by atoms with Crippen molar-refractivity contribution < 1.29 is 118 Å². The topological polar surface area (TPSA) is 0 Å². The maximum atomic E-state index is 9.75. The molecule has 0 aliphatic heterocycles. The first-order chi connectivity index (χ1) is 10.7. The van der Waals surface area contributed by atoms with Crippen LogP contribution in [0.4, 0.5) is 65.0 Å². The van der Waals surface area contributed by atoms with E-state index >= 15 is 0 Å². The molecule has 154 valence electrons. The molecular formula is C7H8B3F15K-3. The molecule has 0 unspecified atom stereocenters. The molecule has 0 nitrogen and oxygen atoms in total. The van der Waals surface area contributed by atoms with Crippen LogP contribution in [0.2, 0.25) is 0 Å². The fraction of sp³-hybridized carbons (Fsp3) is 0.143. The Labute approximate surface area is 181 Å². The zero-order valence-corrected chi connectivity index (χ0v) is 15.6. The van der Waals surface area contributed by atoms with Crippen molar-refractivity contribution in [2.24, 2.45) is 0 Å². The summed E-state index contributed by atoms with van der Waals surface area (Å²) in [5.74, 6) is 0. The van der Waals surface area contributed by atoms with Gasteiger partial charge in [0.1, 0.15) is 0 Å². The molecule has 0 heterocycles. The Hall–Kier alpha value is 0.00117. The van der Waals surface area contributed by atoms with Gasteiger partial charge in [0.15, 0.2) is 0 Å². The summed E-state index contributed by atoms with van der Waals surface area (Å²) in [6.45, 7) is -3.67. The van der Waals surface area contributed by atoms with Crippen molar-refractivity contribution in [3.63, 3.8) is 0 Å². The van der Waals surface area contributed by atoms with Gasteiger partial charge in [-0.1, -0.05) is 36.4 Å². The maximum absolute atomic E-state index is 9.75. The van der Waals surface area contributed by atoms with Crippen molar-refractivity contribution in [1.29, 1.82) is 0 Å². The van der Waals surface area contributed by atoms with E-state index in [4.69, 9.17) is 0 Å². The van der Waals surface area contributed by atoms with Gasteiger partial charge in [-0.2, -0.15) is 13.2 Å². The third-order valence-corrected chi connectivity index (χ3v) is 0.667. The first kappa shape index (κ1) is 36.8. The average Bonchev–Trinajstić information content (AvgIpc) is 2.23. The number of rotatable bonds is 0. The van der Waals surface area contributed by atoms with Crippen molar-refractivity contribution in [3.05, 3.63) is 36.4 Å². The minimum absolute atomic E-state index is 0. The Morgan fingerprint density at radius 3 is 0.500 bits per heavy atom. The van der Waals surface area contributed by atoms with E-state index in [2.05, 4.69) is 0 Å². The molecule has 0 spiro atoms. The summed E-state index contributed by atoms with van der Waals surface area (Å²) in [5.41, 5.74) is 0. The van der Waals surface area contributed by atoms with Crippen molar-refractivity contribution >= 4 is 21.8 Å². The van der Waals surface area contributed by atoms with Crippen molar-refractivity contribution in [3.8, 4) is 0 Å². The molecule has 0 bridgehead atoms. The first-order valence-corrected chi connectivity index (χ1v) is 5.27. The van der Waals surface area contributed by atoms with Crippen molar-refractivity contribution in [2.45, 2.75) is 6.68 Å². The van der Waals surface area contributed by atoms with Crippen LogP contribution in [-0.2, 0) is 0 Å². The second-order valence-electron chi connectivity index (χ2n) is 2.89. The van der Waals surface area contributed by atoms with E-state index in [0.717, 1.165) is 0 Å². The predicted octanol–water partition coefficient (Wildman–Crippen LogP) is 3.88. The van der Waals surface area contributed by atoms with Crippen LogP contribution in [-0.4, -0.2) is 28.4 Å². The largest absolute Gasteiger partial charge is 1.00 e. The predicted molar refractivity (Wildman–Crippen MR) is 65.2 cm³/mol. The van der Waals surface area contributed by atoms with Gasteiger partial charge in [0.05, 0.1) is 0 Å². The standard InChI is InChI=1S/C6H6.CHF3.3BF4.K.H/c1-2-4-6-5-3-1;2-1(3)4;3*2-1(3,4)5;;/h1-6H;1H;;;;;/q;;3*-1;+1;-1. The van der Waals surface area contributed by atoms with Gasteiger partial charge in [-0.25, -0.2) is 0 Å². The zero-order valence-electron chi connectivity index (χ0n) is 13.4. The number of halogens is 15. The second-order valence-corrected chi connectivity index (χ2v) is 2.89. The third kappa shape index (κ3) is 353. The van der Waals surface area contributed by atoms with Crippen LogP contribution in [0.25, 0.3) is 0 Å². The van der Waals surface area contributed by atoms with Gasteiger partial charge >= 0.3 is 79.8 Å².